The van der Waals surface area contributed by atoms with E-state index >= 15 is 0 Å². The van der Waals surface area contributed by atoms with Gasteiger partial charge < -0.3 is 4.74 Å². The van der Waals surface area contributed by atoms with Crippen LogP contribution in [0.2, 0.25) is 0 Å². The second-order valence-electron chi connectivity index (χ2n) is 8.44. The van der Waals surface area contributed by atoms with Crippen LogP contribution in [0.5, 0.6) is 0 Å². The average molecular weight is 387 g/mol. The number of Topliss-reactive ketones (excluding diaryl/α,β-unsaturated/α-hetero) is 1. The molecule has 0 N–H and O–H groups in total. The van der Waals surface area contributed by atoms with Gasteiger partial charge in [0.15, 0.2) is 6.10 Å². The lowest BCUT2D eigenvalue weighted by Crippen LogP contribution is -2.24. The van der Waals surface area contributed by atoms with E-state index in [-0.39, 0.29) is 11.8 Å². The predicted molar refractivity (Wildman–Crippen MR) is 115 cm³/mol. The molecule has 1 aliphatic rings. The molecule has 156 valence electrons. The predicted octanol–water partition coefficient (Wildman–Crippen LogP) is 6.85. The highest BCUT2D eigenvalue weighted by atomic mass is 16.5. The molecule has 0 heterocycles. The summed E-state index contributed by atoms with van der Waals surface area (Å²) >= 11 is 0. The van der Waals surface area contributed by atoms with Gasteiger partial charge in [-0.3, -0.25) is 9.59 Å². The van der Waals surface area contributed by atoms with Crippen molar-refractivity contribution < 1.29 is 14.3 Å². The number of carbonyl (C=O) groups is 2. The standard InChI is InChI=1S/C25H38O3/c1-4-6-8-9-20-11-13-21(14-12-20)22-15-17-23(18-16-22)25(27)19(3)28-24(26)10-7-5-2/h15-21H,4-14H2,1-3H3. The monoisotopic (exact) mass is 386 g/mol. The molecule has 1 saturated carbocycles. The zero-order valence-corrected chi connectivity index (χ0v) is 18.0. The van der Waals surface area contributed by atoms with E-state index in [1.165, 1.54) is 56.9 Å². The molecule has 1 atom stereocenters. The molecule has 2 rings (SSSR count). The Bertz CT molecular complexity index is 597. The highest BCUT2D eigenvalue weighted by Gasteiger charge is 2.23. The maximum absolute atomic E-state index is 12.5. The topological polar surface area (TPSA) is 43.4 Å². The van der Waals surface area contributed by atoms with Crippen molar-refractivity contribution in [3.8, 4) is 0 Å². The minimum atomic E-state index is -0.714. The smallest absolute Gasteiger partial charge is 0.306 e. The first-order valence-electron chi connectivity index (χ1n) is 11.4. The van der Waals surface area contributed by atoms with Crippen LogP contribution < -0.4 is 0 Å². The van der Waals surface area contributed by atoms with Crippen molar-refractivity contribution in [3.05, 3.63) is 35.4 Å². The first-order chi connectivity index (χ1) is 13.5. The summed E-state index contributed by atoms with van der Waals surface area (Å²) in [5, 5.41) is 0. The normalized spacial score (nSPS) is 20.5. The first-order valence-corrected chi connectivity index (χ1v) is 11.4. The molecule has 1 aromatic carbocycles. The molecule has 3 nitrogen and oxygen atoms in total. The van der Waals surface area contributed by atoms with Crippen LogP contribution in [0, 0.1) is 5.92 Å². The van der Waals surface area contributed by atoms with Gasteiger partial charge in [-0.2, -0.15) is 0 Å². The molecule has 0 bridgehead atoms. The minimum absolute atomic E-state index is 0.115. The third-order valence-corrected chi connectivity index (χ3v) is 6.14. The Labute approximate surface area is 171 Å². The SMILES string of the molecule is CCCCCC1CCC(c2ccc(C(=O)C(C)OC(=O)CCCC)cc2)CC1. The minimum Gasteiger partial charge on any atom is -0.454 e. The molecule has 0 spiro atoms. The van der Waals surface area contributed by atoms with Crippen molar-refractivity contribution >= 4 is 11.8 Å². The summed E-state index contributed by atoms with van der Waals surface area (Å²) in [6.07, 6.45) is 12.0. The third-order valence-electron chi connectivity index (χ3n) is 6.14. The molecule has 1 fully saturated rings. The lowest BCUT2D eigenvalue weighted by Gasteiger charge is -2.29. The lowest BCUT2D eigenvalue weighted by atomic mass is 9.77. The molecular weight excluding hydrogens is 348 g/mol. The second kappa shape index (κ2) is 12.0. The Hall–Kier alpha value is -1.64. The third kappa shape index (κ3) is 7.07. The van der Waals surface area contributed by atoms with Gasteiger partial charge in [-0.1, -0.05) is 70.2 Å². The Kier molecular flexibility index (Phi) is 9.73. The van der Waals surface area contributed by atoms with E-state index in [2.05, 4.69) is 19.1 Å². The molecule has 28 heavy (non-hydrogen) atoms. The van der Waals surface area contributed by atoms with E-state index < -0.39 is 6.10 Å². The number of benzene rings is 1. The van der Waals surface area contributed by atoms with Gasteiger partial charge in [0, 0.05) is 12.0 Å². The van der Waals surface area contributed by atoms with Gasteiger partial charge in [0.05, 0.1) is 0 Å². The lowest BCUT2D eigenvalue weighted by molar-refractivity contribution is -0.146. The van der Waals surface area contributed by atoms with Gasteiger partial charge in [-0.05, 0) is 56.4 Å². The molecular formula is C25H38O3. The van der Waals surface area contributed by atoms with Gasteiger partial charge in [-0.15, -0.1) is 0 Å². The summed E-state index contributed by atoms with van der Waals surface area (Å²) in [4.78, 5) is 24.3. The highest BCUT2D eigenvalue weighted by Crippen LogP contribution is 2.37. The van der Waals surface area contributed by atoms with Crippen LogP contribution in [0.3, 0.4) is 0 Å². The fourth-order valence-electron chi connectivity index (χ4n) is 4.25. The van der Waals surface area contributed by atoms with Crippen molar-refractivity contribution in [2.24, 2.45) is 5.92 Å². The number of rotatable bonds is 11. The zero-order chi connectivity index (χ0) is 20.4. The zero-order valence-electron chi connectivity index (χ0n) is 18.0. The quantitative estimate of drug-likeness (QED) is 0.237. The van der Waals surface area contributed by atoms with Gasteiger partial charge >= 0.3 is 5.97 Å². The Morgan fingerprint density at radius 3 is 2.21 bits per heavy atom. The highest BCUT2D eigenvalue weighted by molar-refractivity contribution is 6.00. The van der Waals surface area contributed by atoms with E-state index in [4.69, 9.17) is 4.74 Å². The van der Waals surface area contributed by atoms with Crippen LogP contribution in [0.4, 0.5) is 0 Å². The van der Waals surface area contributed by atoms with Gasteiger partial charge in [0.1, 0.15) is 0 Å². The van der Waals surface area contributed by atoms with E-state index in [1.807, 2.05) is 19.1 Å². The van der Waals surface area contributed by atoms with Gasteiger partial charge in [-0.25, -0.2) is 0 Å². The first kappa shape index (κ1) is 22.6. The van der Waals surface area contributed by atoms with Crippen molar-refractivity contribution in [2.75, 3.05) is 0 Å². The molecule has 0 aliphatic heterocycles. The van der Waals surface area contributed by atoms with E-state index in [0.717, 1.165) is 18.8 Å². The average Bonchev–Trinajstić information content (AvgIpc) is 2.72. The van der Waals surface area contributed by atoms with Crippen molar-refractivity contribution in [1.29, 1.82) is 0 Å². The fourth-order valence-corrected chi connectivity index (χ4v) is 4.25. The Morgan fingerprint density at radius 2 is 1.61 bits per heavy atom. The summed E-state index contributed by atoms with van der Waals surface area (Å²) < 4.78 is 5.28. The molecule has 0 radical (unpaired) electrons. The number of ether oxygens (including phenoxy) is 1. The Morgan fingerprint density at radius 1 is 0.964 bits per heavy atom. The molecule has 1 aliphatic carbocycles. The summed E-state index contributed by atoms with van der Waals surface area (Å²) in [6, 6.07) is 8.00. The van der Waals surface area contributed by atoms with Crippen LogP contribution in [0.25, 0.3) is 0 Å². The largest absolute Gasteiger partial charge is 0.454 e. The fraction of sp³-hybridized carbons (Fsp3) is 0.680. The summed E-state index contributed by atoms with van der Waals surface area (Å²) in [5.41, 5.74) is 1.98. The summed E-state index contributed by atoms with van der Waals surface area (Å²) in [5.74, 6) is 1.13. The number of hydrogen-bond acceptors (Lipinski definition) is 3. The molecule has 1 aromatic rings. The number of carbonyl (C=O) groups excluding carboxylic acids is 2. The van der Waals surface area contributed by atoms with Crippen LogP contribution in [-0.4, -0.2) is 17.9 Å². The van der Waals surface area contributed by atoms with Crippen LogP contribution in [0.1, 0.15) is 113 Å². The Balaban J connectivity index is 1.82. The van der Waals surface area contributed by atoms with E-state index in [0.29, 0.717) is 17.9 Å². The van der Waals surface area contributed by atoms with Crippen molar-refractivity contribution in [1.82, 2.24) is 0 Å². The summed E-state index contributed by atoms with van der Waals surface area (Å²) in [7, 11) is 0. The van der Waals surface area contributed by atoms with Crippen LogP contribution in [0.15, 0.2) is 24.3 Å². The van der Waals surface area contributed by atoms with E-state index in [1.54, 1.807) is 6.92 Å². The maximum Gasteiger partial charge on any atom is 0.306 e. The molecule has 0 saturated heterocycles. The van der Waals surface area contributed by atoms with E-state index in [9.17, 15) is 9.59 Å². The van der Waals surface area contributed by atoms with Crippen LogP contribution in [-0.2, 0) is 9.53 Å². The second-order valence-corrected chi connectivity index (χ2v) is 8.44. The molecule has 1 unspecified atom stereocenters. The molecule has 0 amide bonds. The molecule has 3 heteroatoms. The number of hydrogen-bond donors (Lipinski definition) is 0. The maximum atomic E-state index is 12.5. The van der Waals surface area contributed by atoms with Crippen molar-refractivity contribution in [2.45, 2.75) is 103 Å². The van der Waals surface area contributed by atoms with Crippen molar-refractivity contribution in [3.63, 3.8) is 0 Å². The number of esters is 1. The summed E-state index contributed by atoms with van der Waals surface area (Å²) in [6.45, 7) is 5.96. The van der Waals surface area contributed by atoms with Gasteiger partial charge in [0.2, 0.25) is 5.78 Å². The van der Waals surface area contributed by atoms with Gasteiger partial charge in [0.25, 0.3) is 0 Å². The van der Waals surface area contributed by atoms with Crippen LogP contribution >= 0.6 is 0 Å². The number of ketones is 1. The molecule has 0 aromatic heterocycles. The number of unbranched alkanes of at least 4 members (excludes halogenated alkanes) is 3.